The van der Waals surface area contributed by atoms with Gasteiger partial charge < -0.3 is 9.64 Å². The monoisotopic (exact) mass is 275 g/mol. The number of carbonyl (C=O) groups excluding carboxylic acids is 1. The third kappa shape index (κ3) is 2.21. The Labute approximate surface area is 99.3 Å². The van der Waals surface area contributed by atoms with Crippen LogP contribution in [-0.2, 0) is 9.53 Å². The van der Waals surface area contributed by atoms with Gasteiger partial charge in [0, 0.05) is 24.5 Å². The first-order valence-corrected chi connectivity index (χ1v) is 6.84. The minimum absolute atomic E-state index is 0.176. The van der Waals surface area contributed by atoms with Crippen LogP contribution in [0.3, 0.4) is 0 Å². The average Bonchev–Trinajstić information content (AvgIpc) is 2.84. The Morgan fingerprint density at radius 3 is 2.93 bits per heavy atom. The highest BCUT2D eigenvalue weighted by atomic mass is 79.9. The number of ether oxygens (including phenoxy) is 1. The molecule has 3 nitrogen and oxygen atoms in total. The molecule has 0 bridgehead atoms. The standard InChI is InChI=1S/C11H18BrNO2/c1-8-4-6-15-10(8)11(14)13-5-2-3-9(13)7-12/h8-10H,2-7H2,1H3. The van der Waals surface area contributed by atoms with Gasteiger partial charge in [-0.2, -0.15) is 0 Å². The Morgan fingerprint density at radius 2 is 2.33 bits per heavy atom. The van der Waals surface area contributed by atoms with E-state index in [0.717, 1.165) is 37.7 Å². The van der Waals surface area contributed by atoms with Gasteiger partial charge in [0.15, 0.2) is 0 Å². The van der Waals surface area contributed by atoms with E-state index in [1.807, 2.05) is 4.90 Å². The molecule has 3 atom stereocenters. The van der Waals surface area contributed by atoms with E-state index in [0.29, 0.717) is 12.0 Å². The molecule has 0 aromatic rings. The molecule has 2 fully saturated rings. The molecule has 2 aliphatic rings. The molecule has 2 rings (SSSR count). The molecule has 2 aliphatic heterocycles. The van der Waals surface area contributed by atoms with E-state index in [1.54, 1.807) is 0 Å². The molecule has 4 heteroatoms. The number of hydrogen-bond acceptors (Lipinski definition) is 2. The molecule has 86 valence electrons. The van der Waals surface area contributed by atoms with Crippen LogP contribution in [-0.4, -0.2) is 41.4 Å². The predicted molar refractivity (Wildman–Crippen MR) is 62.1 cm³/mol. The van der Waals surface area contributed by atoms with E-state index < -0.39 is 0 Å². The fourth-order valence-electron chi connectivity index (χ4n) is 2.46. The molecule has 2 saturated heterocycles. The molecule has 15 heavy (non-hydrogen) atoms. The van der Waals surface area contributed by atoms with Gasteiger partial charge in [-0.05, 0) is 25.2 Å². The lowest BCUT2D eigenvalue weighted by Gasteiger charge is -2.27. The zero-order valence-electron chi connectivity index (χ0n) is 9.12. The zero-order chi connectivity index (χ0) is 10.8. The summed E-state index contributed by atoms with van der Waals surface area (Å²) >= 11 is 3.47. The number of alkyl halides is 1. The summed E-state index contributed by atoms with van der Waals surface area (Å²) in [4.78, 5) is 14.2. The number of hydrogen-bond donors (Lipinski definition) is 0. The molecule has 0 aromatic carbocycles. The van der Waals surface area contributed by atoms with Crippen molar-refractivity contribution in [2.75, 3.05) is 18.5 Å². The maximum absolute atomic E-state index is 12.2. The molecule has 0 spiro atoms. The highest BCUT2D eigenvalue weighted by Gasteiger charge is 2.37. The van der Waals surface area contributed by atoms with Crippen molar-refractivity contribution in [2.45, 2.75) is 38.3 Å². The third-order valence-electron chi connectivity index (χ3n) is 3.47. The summed E-state index contributed by atoms with van der Waals surface area (Å²) < 4.78 is 5.53. The molecule has 3 unspecified atom stereocenters. The Kier molecular flexibility index (Phi) is 3.67. The van der Waals surface area contributed by atoms with E-state index >= 15 is 0 Å². The van der Waals surface area contributed by atoms with Crippen LogP contribution in [0.5, 0.6) is 0 Å². The largest absolute Gasteiger partial charge is 0.368 e. The average molecular weight is 276 g/mol. The van der Waals surface area contributed by atoms with E-state index in [4.69, 9.17) is 4.74 Å². The van der Waals surface area contributed by atoms with Crippen molar-refractivity contribution in [3.05, 3.63) is 0 Å². The Balaban J connectivity index is 2.00. The predicted octanol–water partition coefficient (Wildman–Crippen LogP) is 1.80. The zero-order valence-corrected chi connectivity index (χ0v) is 10.7. The minimum Gasteiger partial charge on any atom is -0.368 e. The summed E-state index contributed by atoms with van der Waals surface area (Å²) in [6, 6.07) is 0.383. The SMILES string of the molecule is CC1CCOC1C(=O)N1CCCC1CBr. The van der Waals surface area contributed by atoms with Gasteiger partial charge in [-0.25, -0.2) is 0 Å². The number of halogens is 1. The van der Waals surface area contributed by atoms with Crippen LogP contribution in [0.4, 0.5) is 0 Å². The summed E-state index contributed by atoms with van der Waals surface area (Å²) in [5, 5.41) is 0.889. The number of nitrogens with zero attached hydrogens (tertiary/aromatic N) is 1. The first-order valence-electron chi connectivity index (χ1n) is 5.72. The van der Waals surface area contributed by atoms with Crippen molar-refractivity contribution in [3.8, 4) is 0 Å². The summed E-state index contributed by atoms with van der Waals surface area (Å²) in [5.41, 5.74) is 0. The van der Waals surface area contributed by atoms with Crippen LogP contribution in [0.1, 0.15) is 26.2 Å². The van der Waals surface area contributed by atoms with E-state index in [2.05, 4.69) is 22.9 Å². The fraction of sp³-hybridized carbons (Fsp3) is 0.909. The fourth-order valence-corrected chi connectivity index (χ4v) is 3.13. The quantitative estimate of drug-likeness (QED) is 0.720. The second-order valence-electron chi connectivity index (χ2n) is 4.54. The molecule has 2 heterocycles. The van der Waals surface area contributed by atoms with Crippen LogP contribution < -0.4 is 0 Å². The van der Waals surface area contributed by atoms with Gasteiger partial charge in [0.25, 0.3) is 5.91 Å². The molecule has 0 saturated carbocycles. The highest BCUT2D eigenvalue weighted by Crippen LogP contribution is 2.26. The van der Waals surface area contributed by atoms with E-state index in [1.165, 1.54) is 0 Å². The molecular formula is C11H18BrNO2. The van der Waals surface area contributed by atoms with E-state index in [-0.39, 0.29) is 12.0 Å². The summed E-state index contributed by atoms with van der Waals surface area (Å²) in [6.07, 6.45) is 3.09. The molecule has 0 aliphatic carbocycles. The number of carbonyl (C=O) groups is 1. The van der Waals surface area contributed by atoms with Crippen molar-refractivity contribution in [1.29, 1.82) is 0 Å². The third-order valence-corrected chi connectivity index (χ3v) is 4.22. The van der Waals surface area contributed by atoms with Crippen LogP contribution >= 0.6 is 15.9 Å². The molecule has 1 amide bonds. The summed E-state index contributed by atoms with van der Waals surface area (Å²) in [7, 11) is 0. The van der Waals surface area contributed by atoms with Crippen molar-refractivity contribution in [2.24, 2.45) is 5.92 Å². The van der Waals surface area contributed by atoms with Crippen molar-refractivity contribution in [3.63, 3.8) is 0 Å². The van der Waals surface area contributed by atoms with Crippen molar-refractivity contribution < 1.29 is 9.53 Å². The van der Waals surface area contributed by atoms with Crippen LogP contribution in [0.15, 0.2) is 0 Å². The van der Waals surface area contributed by atoms with Crippen molar-refractivity contribution >= 4 is 21.8 Å². The van der Waals surface area contributed by atoms with Gasteiger partial charge in [-0.3, -0.25) is 4.79 Å². The molecule has 0 aromatic heterocycles. The van der Waals surface area contributed by atoms with Crippen molar-refractivity contribution in [1.82, 2.24) is 4.90 Å². The molecule has 0 radical (unpaired) electrons. The lowest BCUT2D eigenvalue weighted by atomic mass is 10.0. The first-order chi connectivity index (χ1) is 7.24. The lowest BCUT2D eigenvalue weighted by Crippen LogP contribution is -2.44. The van der Waals surface area contributed by atoms with E-state index in [9.17, 15) is 4.79 Å². The lowest BCUT2D eigenvalue weighted by molar-refractivity contribution is -0.142. The maximum Gasteiger partial charge on any atom is 0.252 e. The maximum atomic E-state index is 12.2. The van der Waals surface area contributed by atoms with Gasteiger partial charge in [-0.15, -0.1) is 0 Å². The highest BCUT2D eigenvalue weighted by molar-refractivity contribution is 9.09. The molecule has 0 N–H and O–H groups in total. The topological polar surface area (TPSA) is 29.5 Å². The second kappa shape index (κ2) is 4.83. The van der Waals surface area contributed by atoms with Gasteiger partial charge in [-0.1, -0.05) is 22.9 Å². The van der Waals surface area contributed by atoms with Gasteiger partial charge in [0.1, 0.15) is 6.10 Å². The van der Waals surface area contributed by atoms with Gasteiger partial charge >= 0.3 is 0 Å². The normalized spacial score (nSPS) is 36.1. The number of likely N-dealkylation sites (tertiary alicyclic amines) is 1. The molecular weight excluding hydrogens is 258 g/mol. The van der Waals surface area contributed by atoms with Gasteiger partial charge in [0.05, 0.1) is 0 Å². The summed E-state index contributed by atoms with van der Waals surface area (Å²) in [6.45, 7) is 3.75. The smallest absolute Gasteiger partial charge is 0.252 e. The van der Waals surface area contributed by atoms with Gasteiger partial charge in [0.2, 0.25) is 0 Å². The van der Waals surface area contributed by atoms with Crippen LogP contribution in [0.25, 0.3) is 0 Å². The Bertz CT molecular complexity index is 247. The van der Waals surface area contributed by atoms with Crippen LogP contribution in [0, 0.1) is 5.92 Å². The Hall–Kier alpha value is -0.0900. The second-order valence-corrected chi connectivity index (χ2v) is 5.19. The minimum atomic E-state index is -0.176. The Morgan fingerprint density at radius 1 is 1.53 bits per heavy atom. The summed E-state index contributed by atoms with van der Waals surface area (Å²) in [5.74, 6) is 0.594. The van der Waals surface area contributed by atoms with Crippen LogP contribution in [0.2, 0.25) is 0 Å². The number of rotatable bonds is 2. The number of amides is 1. The first kappa shape index (κ1) is 11.4.